The standard InChI is InChI=1S/C24H24ClN5O4S/c1-34-21(31)11-18-8-9-19(12-26-18)27-23-22-20(3-2-10-35(22,32)33)28-24(29-23)30-13-16(14-30)15-4-6-17(25)7-5-15/h4-9,12,16H,2-3,10-11,13-14H2,1H3,(H,27,28,29). The maximum absolute atomic E-state index is 12.9. The average molecular weight is 514 g/mol. The number of aromatic nitrogens is 3. The van der Waals surface area contributed by atoms with E-state index in [4.69, 9.17) is 11.6 Å². The number of sulfone groups is 1. The van der Waals surface area contributed by atoms with Crippen LogP contribution in [-0.2, 0) is 32.2 Å². The Morgan fingerprint density at radius 3 is 2.63 bits per heavy atom. The van der Waals surface area contributed by atoms with Gasteiger partial charge >= 0.3 is 5.97 Å². The first-order valence-electron chi connectivity index (χ1n) is 11.3. The smallest absolute Gasteiger partial charge is 0.311 e. The highest BCUT2D eigenvalue weighted by atomic mass is 35.5. The number of aryl methyl sites for hydroxylation is 1. The minimum absolute atomic E-state index is 0.0575. The van der Waals surface area contributed by atoms with Crippen molar-refractivity contribution in [1.82, 2.24) is 15.0 Å². The minimum Gasteiger partial charge on any atom is -0.469 e. The molecule has 2 aliphatic rings. The summed E-state index contributed by atoms with van der Waals surface area (Å²) in [4.78, 5) is 27.2. The molecule has 0 unspecified atom stereocenters. The second kappa shape index (κ2) is 9.43. The number of esters is 1. The predicted octanol–water partition coefficient (Wildman–Crippen LogP) is 3.31. The van der Waals surface area contributed by atoms with Crippen molar-refractivity contribution in [2.24, 2.45) is 0 Å². The van der Waals surface area contributed by atoms with Crippen LogP contribution in [0.25, 0.3) is 0 Å². The van der Waals surface area contributed by atoms with Gasteiger partial charge in [-0.15, -0.1) is 0 Å². The average Bonchev–Trinajstić information content (AvgIpc) is 2.80. The summed E-state index contributed by atoms with van der Waals surface area (Å²) in [7, 11) is -2.19. The molecule has 5 rings (SSSR count). The van der Waals surface area contributed by atoms with Gasteiger partial charge in [0.15, 0.2) is 15.7 Å². The second-order valence-corrected chi connectivity index (χ2v) is 11.1. The number of methoxy groups -OCH3 is 1. The lowest BCUT2D eigenvalue weighted by Gasteiger charge is -2.40. The van der Waals surface area contributed by atoms with Gasteiger partial charge in [0.05, 0.1) is 42.6 Å². The second-order valence-electron chi connectivity index (χ2n) is 8.64. The maximum Gasteiger partial charge on any atom is 0.311 e. The highest BCUT2D eigenvalue weighted by Gasteiger charge is 2.34. The Balaban J connectivity index is 1.41. The molecular weight excluding hydrogens is 490 g/mol. The number of hydrogen-bond donors (Lipinski definition) is 1. The Bertz CT molecular complexity index is 1360. The maximum atomic E-state index is 12.9. The monoisotopic (exact) mass is 513 g/mol. The molecule has 0 radical (unpaired) electrons. The van der Waals surface area contributed by atoms with Gasteiger partial charge in [0.25, 0.3) is 0 Å². The number of nitrogens with zero attached hydrogens (tertiary/aromatic N) is 4. The van der Waals surface area contributed by atoms with Gasteiger partial charge in [-0.05, 0) is 42.7 Å². The fourth-order valence-corrected chi connectivity index (χ4v) is 6.04. The van der Waals surface area contributed by atoms with Crippen molar-refractivity contribution in [3.05, 3.63) is 64.6 Å². The Morgan fingerprint density at radius 1 is 1.17 bits per heavy atom. The van der Waals surface area contributed by atoms with E-state index in [-0.39, 0.29) is 28.9 Å². The third-order valence-electron chi connectivity index (χ3n) is 6.21. The Labute approximate surface area is 208 Å². The first kappa shape index (κ1) is 23.5. The van der Waals surface area contributed by atoms with Gasteiger partial charge in [-0.2, -0.15) is 4.98 Å². The zero-order valence-corrected chi connectivity index (χ0v) is 20.6. The van der Waals surface area contributed by atoms with Gasteiger partial charge in [0, 0.05) is 24.0 Å². The number of carbonyl (C=O) groups is 1. The van der Waals surface area contributed by atoms with Crippen molar-refractivity contribution in [3.63, 3.8) is 0 Å². The molecule has 9 nitrogen and oxygen atoms in total. The quantitative estimate of drug-likeness (QED) is 0.495. The van der Waals surface area contributed by atoms with Crippen molar-refractivity contribution < 1.29 is 17.9 Å². The largest absolute Gasteiger partial charge is 0.469 e. The van der Waals surface area contributed by atoms with E-state index in [1.54, 1.807) is 18.3 Å². The van der Waals surface area contributed by atoms with Crippen molar-refractivity contribution in [1.29, 1.82) is 0 Å². The fourth-order valence-electron chi connectivity index (χ4n) is 4.29. The predicted molar refractivity (Wildman–Crippen MR) is 132 cm³/mol. The van der Waals surface area contributed by atoms with Crippen LogP contribution in [-0.4, -0.2) is 55.3 Å². The van der Waals surface area contributed by atoms with E-state index in [2.05, 4.69) is 25.0 Å². The van der Waals surface area contributed by atoms with Crippen molar-refractivity contribution in [2.75, 3.05) is 36.2 Å². The molecule has 1 N–H and O–H groups in total. The lowest BCUT2D eigenvalue weighted by atomic mass is 9.92. The highest BCUT2D eigenvalue weighted by molar-refractivity contribution is 7.91. The van der Waals surface area contributed by atoms with Crippen LogP contribution < -0.4 is 10.2 Å². The number of halogens is 1. The first-order chi connectivity index (χ1) is 16.8. The van der Waals surface area contributed by atoms with E-state index in [0.29, 0.717) is 46.8 Å². The number of anilines is 3. The Kier molecular flexibility index (Phi) is 6.33. The third-order valence-corrected chi connectivity index (χ3v) is 8.34. The van der Waals surface area contributed by atoms with E-state index in [9.17, 15) is 13.2 Å². The highest BCUT2D eigenvalue weighted by Crippen LogP contribution is 2.36. The SMILES string of the molecule is COC(=O)Cc1ccc(Nc2nc(N3CC(c4ccc(Cl)cc4)C3)nc3c2S(=O)(=O)CCC3)cn1. The molecule has 11 heteroatoms. The van der Waals surface area contributed by atoms with E-state index in [1.165, 1.54) is 12.7 Å². The lowest BCUT2D eigenvalue weighted by molar-refractivity contribution is -0.139. The molecule has 2 aromatic heterocycles. The number of pyridine rings is 1. The Hall–Kier alpha value is -3.24. The van der Waals surface area contributed by atoms with Gasteiger partial charge < -0.3 is 15.0 Å². The minimum atomic E-state index is -3.51. The summed E-state index contributed by atoms with van der Waals surface area (Å²) in [5.74, 6) is 0.769. The van der Waals surface area contributed by atoms with E-state index in [0.717, 1.165) is 13.1 Å². The molecule has 0 aliphatic carbocycles. The number of hydrogen-bond acceptors (Lipinski definition) is 9. The number of benzene rings is 1. The van der Waals surface area contributed by atoms with Crippen LogP contribution >= 0.6 is 11.6 Å². The van der Waals surface area contributed by atoms with Crippen LogP contribution in [0.15, 0.2) is 47.5 Å². The molecule has 2 aliphatic heterocycles. The first-order valence-corrected chi connectivity index (χ1v) is 13.3. The third kappa shape index (κ3) is 4.94. The topological polar surface area (TPSA) is 114 Å². The number of fused-ring (bicyclic) bond motifs is 1. The number of ether oxygens (including phenoxy) is 1. The summed E-state index contributed by atoms with van der Waals surface area (Å²) in [5, 5.41) is 3.83. The lowest BCUT2D eigenvalue weighted by Crippen LogP contribution is -2.46. The van der Waals surface area contributed by atoms with Crippen LogP contribution in [0.2, 0.25) is 5.02 Å². The molecule has 1 fully saturated rings. The van der Waals surface area contributed by atoms with Crippen molar-refractivity contribution >= 4 is 44.9 Å². The zero-order valence-electron chi connectivity index (χ0n) is 19.1. The van der Waals surface area contributed by atoms with Crippen LogP contribution in [0, 0.1) is 0 Å². The number of rotatable bonds is 6. The van der Waals surface area contributed by atoms with Crippen LogP contribution in [0.3, 0.4) is 0 Å². The van der Waals surface area contributed by atoms with Gasteiger partial charge in [-0.1, -0.05) is 23.7 Å². The Morgan fingerprint density at radius 2 is 1.94 bits per heavy atom. The van der Waals surface area contributed by atoms with Crippen LogP contribution in [0.1, 0.15) is 29.3 Å². The zero-order chi connectivity index (χ0) is 24.6. The fraction of sp³-hybridized carbons (Fsp3) is 0.333. The van der Waals surface area contributed by atoms with Crippen molar-refractivity contribution in [3.8, 4) is 0 Å². The van der Waals surface area contributed by atoms with E-state index < -0.39 is 9.84 Å². The van der Waals surface area contributed by atoms with Gasteiger partial charge in [0.2, 0.25) is 5.95 Å². The molecule has 0 saturated carbocycles. The molecule has 1 aromatic carbocycles. The number of carbonyl (C=O) groups excluding carboxylic acids is 1. The van der Waals surface area contributed by atoms with Crippen LogP contribution in [0.5, 0.6) is 0 Å². The number of nitrogens with one attached hydrogen (secondary N) is 1. The van der Waals surface area contributed by atoms with E-state index in [1.807, 2.05) is 29.2 Å². The summed E-state index contributed by atoms with van der Waals surface area (Å²) in [5.41, 5.74) is 2.85. The van der Waals surface area contributed by atoms with Crippen LogP contribution in [0.4, 0.5) is 17.5 Å². The molecular formula is C24H24ClN5O4S. The molecule has 0 bridgehead atoms. The van der Waals surface area contributed by atoms with E-state index >= 15 is 0 Å². The van der Waals surface area contributed by atoms with Gasteiger partial charge in [-0.25, -0.2) is 13.4 Å². The summed E-state index contributed by atoms with van der Waals surface area (Å²) >= 11 is 6.00. The molecule has 0 amide bonds. The van der Waals surface area contributed by atoms with Gasteiger partial charge in [0.1, 0.15) is 4.90 Å². The molecule has 0 atom stereocenters. The molecule has 4 heterocycles. The summed E-state index contributed by atoms with van der Waals surface area (Å²) in [6.07, 6.45) is 2.70. The van der Waals surface area contributed by atoms with Crippen molar-refractivity contribution in [2.45, 2.75) is 30.1 Å². The molecule has 0 spiro atoms. The molecule has 3 aromatic rings. The summed E-state index contributed by atoms with van der Waals surface area (Å²) in [6, 6.07) is 11.2. The molecule has 182 valence electrons. The summed E-state index contributed by atoms with van der Waals surface area (Å²) in [6.45, 7) is 1.47. The molecule has 35 heavy (non-hydrogen) atoms. The normalized spacial score (nSPS) is 16.8. The molecule has 1 saturated heterocycles. The summed E-state index contributed by atoms with van der Waals surface area (Å²) < 4.78 is 30.5. The van der Waals surface area contributed by atoms with Gasteiger partial charge in [-0.3, -0.25) is 9.78 Å².